The van der Waals surface area contributed by atoms with Crippen LogP contribution in [-0.4, -0.2) is 14.2 Å². The highest BCUT2D eigenvalue weighted by Gasteiger charge is 2.32. The summed E-state index contributed by atoms with van der Waals surface area (Å²) in [6.45, 7) is 1.90. The molecule has 0 N–H and O–H groups in total. The monoisotopic (exact) mass is 404 g/mol. The normalized spacial score (nSPS) is 12.7. The quantitative estimate of drug-likeness (QED) is 0.510. The lowest BCUT2D eigenvalue weighted by molar-refractivity contribution is 0.0981. The van der Waals surface area contributed by atoms with Crippen molar-refractivity contribution in [3.05, 3.63) is 87.1 Å². The summed E-state index contributed by atoms with van der Waals surface area (Å²) < 4.78 is 26.4. The second-order valence-electron chi connectivity index (χ2n) is 6.00. The summed E-state index contributed by atoms with van der Waals surface area (Å²) in [4.78, 5) is 13.6. The van der Waals surface area contributed by atoms with Crippen LogP contribution < -0.4 is 0 Å². The van der Waals surface area contributed by atoms with Crippen molar-refractivity contribution in [3.8, 4) is 0 Å². The van der Waals surface area contributed by atoms with Crippen LogP contribution in [0.5, 0.6) is 0 Å². The molecule has 2 aromatic carbocycles. The van der Waals surface area contributed by atoms with Crippen molar-refractivity contribution in [2.75, 3.05) is 0 Å². The number of carbonyl (C=O) groups is 1. The van der Waals surface area contributed by atoms with Crippen LogP contribution in [0, 0.1) is 6.92 Å². The molecule has 0 fully saturated rings. The van der Waals surface area contributed by atoms with Crippen molar-refractivity contribution in [3.63, 3.8) is 0 Å². The predicted molar refractivity (Wildman–Crippen MR) is 106 cm³/mol. The minimum Gasteiger partial charge on any atom is -0.294 e. The molecule has 0 aliphatic carbocycles. The lowest BCUT2D eigenvalue weighted by atomic mass is 10.1. The molecule has 1 heterocycles. The molecule has 3 aromatic rings. The average Bonchev–Trinajstić information content (AvgIpc) is 3.14. The molecule has 3 nitrogen and oxygen atoms in total. The summed E-state index contributed by atoms with van der Waals surface area (Å²) in [6, 6.07) is 16.8. The van der Waals surface area contributed by atoms with Gasteiger partial charge in [0.25, 0.3) is 0 Å². The maximum Gasteiger partial charge on any atom is 0.186 e. The van der Waals surface area contributed by atoms with E-state index in [4.69, 9.17) is 11.6 Å². The lowest BCUT2D eigenvalue weighted by Gasteiger charge is -2.16. The number of hydrogen-bond acceptors (Lipinski definition) is 4. The first kappa shape index (κ1) is 18.8. The van der Waals surface area contributed by atoms with Crippen LogP contribution in [0.2, 0.25) is 5.02 Å². The lowest BCUT2D eigenvalue weighted by Crippen LogP contribution is -2.17. The van der Waals surface area contributed by atoms with Gasteiger partial charge >= 0.3 is 0 Å². The van der Waals surface area contributed by atoms with Crippen LogP contribution in [0.4, 0.5) is 0 Å². The molecule has 0 spiro atoms. The Labute approximate surface area is 162 Å². The van der Waals surface area contributed by atoms with Crippen molar-refractivity contribution >= 4 is 38.6 Å². The molecule has 0 radical (unpaired) electrons. The number of ketones is 1. The van der Waals surface area contributed by atoms with Gasteiger partial charge in [0.1, 0.15) is 5.25 Å². The molecule has 26 heavy (non-hydrogen) atoms. The molecule has 0 bridgehead atoms. The minimum absolute atomic E-state index is 0.113. The summed E-state index contributed by atoms with van der Waals surface area (Å²) in [5.74, 6) is -0.226. The molecule has 134 valence electrons. The van der Waals surface area contributed by atoms with Gasteiger partial charge in [-0.15, -0.1) is 11.3 Å². The first-order valence-corrected chi connectivity index (χ1v) is 10.8. The topological polar surface area (TPSA) is 51.2 Å². The van der Waals surface area contributed by atoms with Gasteiger partial charge in [0.2, 0.25) is 0 Å². The van der Waals surface area contributed by atoms with Gasteiger partial charge in [0.15, 0.2) is 15.6 Å². The Morgan fingerprint density at radius 2 is 1.69 bits per heavy atom. The molecule has 0 aliphatic heterocycles. The zero-order chi connectivity index (χ0) is 18.7. The number of rotatable bonds is 6. The number of carbonyl (C=O) groups excluding carboxylic acids is 1. The first-order valence-electron chi connectivity index (χ1n) is 8.00. The molecular formula is C20H17ClO3S2. The van der Waals surface area contributed by atoms with Gasteiger partial charge in [-0.1, -0.05) is 35.4 Å². The van der Waals surface area contributed by atoms with E-state index in [1.165, 1.54) is 11.3 Å². The van der Waals surface area contributed by atoms with E-state index in [9.17, 15) is 13.2 Å². The van der Waals surface area contributed by atoms with E-state index in [2.05, 4.69) is 0 Å². The molecular weight excluding hydrogens is 388 g/mol. The van der Waals surface area contributed by atoms with E-state index in [1.807, 2.05) is 12.3 Å². The van der Waals surface area contributed by atoms with E-state index < -0.39 is 15.1 Å². The standard InChI is InChI=1S/C20H17ClO3S2/c1-14-4-10-17(11-5-14)26(23,24)20(19-3-2-12-25-19)13-18(22)15-6-8-16(21)9-7-15/h2-12,20H,13H2,1H3/t20-/m0/s1. The number of halogens is 1. The van der Waals surface area contributed by atoms with Crippen molar-refractivity contribution in [1.82, 2.24) is 0 Å². The van der Waals surface area contributed by atoms with Gasteiger partial charge in [-0.05, 0) is 54.8 Å². The summed E-state index contributed by atoms with van der Waals surface area (Å²) in [7, 11) is -3.69. The van der Waals surface area contributed by atoms with E-state index in [0.717, 1.165) is 5.56 Å². The van der Waals surface area contributed by atoms with Crippen LogP contribution >= 0.6 is 22.9 Å². The van der Waals surface area contributed by atoms with Crippen molar-refractivity contribution in [2.24, 2.45) is 0 Å². The molecule has 0 saturated heterocycles. The van der Waals surface area contributed by atoms with Gasteiger partial charge in [0, 0.05) is 21.9 Å². The zero-order valence-electron chi connectivity index (χ0n) is 14.1. The number of Topliss-reactive ketones (excluding diaryl/α,β-unsaturated/α-hetero) is 1. The molecule has 1 atom stereocenters. The van der Waals surface area contributed by atoms with Crippen LogP contribution in [0.1, 0.15) is 32.5 Å². The Balaban J connectivity index is 1.97. The number of hydrogen-bond donors (Lipinski definition) is 0. The molecule has 0 unspecified atom stereocenters. The molecule has 0 aliphatic rings. The van der Waals surface area contributed by atoms with Crippen molar-refractivity contribution < 1.29 is 13.2 Å². The Kier molecular flexibility index (Phi) is 5.61. The fourth-order valence-corrected chi connectivity index (χ4v) is 5.63. The maximum absolute atomic E-state index is 13.2. The highest BCUT2D eigenvalue weighted by molar-refractivity contribution is 7.91. The summed E-state index contributed by atoms with van der Waals surface area (Å²) >= 11 is 7.21. The fourth-order valence-electron chi connectivity index (χ4n) is 2.65. The van der Waals surface area contributed by atoms with E-state index in [-0.39, 0.29) is 17.1 Å². The predicted octanol–water partition coefficient (Wildman–Crippen LogP) is 5.50. The molecule has 3 rings (SSSR count). The van der Waals surface area contributed by atoms with Gasteiger partial charge in [-0.25, -0.2) is 8.42 Å². The smallest absolute Gasteiger partial charge is 0.186 e. The van der Waals surface area contributed by atoms with E-state index >= 15 is 0 Å². The molecule has 1 aromatic heterocycles. The highest BCUT2D eigenvalue weighted by atomic mass is 35.5. The third-order valence-electron chi connectivity index (χ3n) is 4.12. The van der Waals surface area contributed by atoms with Crippen molar-refractivity contribution in [2.45, 2.75) is 23.5 Å². The highest BCUT2D eigenvalue weighted by Crippen LogP contribution is 2.35. The largest absolute Gasteiger partial charge is 0.294 e. The second kappa shape index (κ2) is 7.74. The maximum atomic E-state index is 13.2. The number of aryl methyl sites for hydroxylation is 1. The van der Waals surface area contributed by atoms with E-state index in [0.29, 0.717) is 15.5 Å². The van der Waals surface area contributed by atoms with Crippen LogP contribution in [0.25, 0.3) is 0 Å². The SMILES string of the molecule is Cc1ccc(S(=O)(=O)[C@@H](CC(=O)c2ccc(Cl)cc2)c2cccs2)cc1. The zero-order valence-corrected chi connectivity index (χ0v) is 16.4. The third-order valence-corrected chi connectivity index (χ3v) is 7.61. The Morgan fingerprint density at radius 1 is 1.04 bits per heavy atom. The number of sulfone groups is 1. The second-order valence-corrected chi connectivity index (χ2v) is 9.54. The minimum atomic E-state index is -3.69. The number of thiophene rings is 1. The average molecular weight is 405 g/mol. The molecule has 0 amide bonds. The van der Waals surface area contributed by atoms with Crippen LogP contribution in [-0.2, 0) is 9.84 Å². The Morgan fingerprint density at radius 3 is 2.27 bits per heavy atom. The van der Waals surface area contributed by atoms with Gasteiger partial charge in [-0.3, -0.25) is 4.79 Å². The van der Waals surface area contributed by atoms with Crippen molar-refractivity contribution in [1.29, 1.82) is 0 Å². The fraction of sp³-hybridized carbons (Fsp3) is 0.150. The summed E-state index contributed by atoms with van der Waals surface area (Å²) in [5.41, 5.74) is 1.43. The summed E-state index contributed by atoms with van der Waals surface area (Å²) in [6.07, 6.45) is -0.113. The molecule has 0 saturated carbocycles. The van der Waals surface area contributed by atoms with E-state index in [1.54, 1.807) is 60.7 Å². The Hall–Kier alpha value is -1.95. The number of benzene rings is 2. The van der Waals surface area contributed by atoms with Crippen LogP contribution in [0.3, 0.4) is 0 Å². The third kappa shape index (κ3) is 4.06. The first-order chi connectivity index (χ1) is 12.4. The Bertz CT molecular complexity index is 990. The summed E-state index contributed by atoms with van der Waals surface area (Å²) in [5, 5.41) is 1.44. The van der Waals surface area contributed by atoms with Gasteiger partial charge in [0.05, 0.1) is 4.90 Å². The molecule has 6 heteroatoms. The van der Waals surface area contributed by atoms with Gasteiger partial charge in [-0.2, -0.15) is 0 Å². The van der Waals surface area contributed by atoms with Gasteiger partial charge < -0.3 is 0 Å². The van der Waals surface area contributed by atoms with Crippen LogP contribution in [0.15, 0.2) is 70.9 Å².